The lowest BCUT2D eigenvalue weighted by Crippen LogP contribution is -2.42. The lowest BCUT2D eigenvalue weighted by atomic mass is 9.97. The van der Waals surface area contributed by atoms with Gasteiger partial charge in [-0.05, 0) is 31.4 Å². The number of carbonyl (C=O) groups is 1. The van der Waals surface area contributed by atoms with E-state index < -0.39 is 4.92 Å². The minimum atomic E-state index is -0.509. The van der Waals surface area contributed by atoms with Gasteiger partial charge in [-0.1, -0.05) is 0 Å². The Morgan fingerprint density at radius 3 is 2.86 bits per heavy atom. The third-order valence-electron chi connectivity index (χ3n) is 3.53. The van der Waals surface area contributed by atoms with E-state index in [4.69, 9.17) is 11.6 Å². The molecule has 2 rings (SSSR count). The Morgan fingerprint density at radius 2 is 2.24 bits per heavy atom. The van der Waals surface area contributed by atoms with E-state index in [0.717, 1.165) is 12.8 Å². The van der Waals surface area contributed by atoms with E-state index in [1.54, 1.807) is 11.9 Å². The fraction of sp³-hybridized carbons (Fsp3) is 0.583. The zero-order valence-electron chi connectivity index (χ0n) is 11.8. The average molecular weight is 314 g/mol. The Hall–Kier alpha value is -1.96. The van der Waals surface area contributed by atoms with Gasteiger partial charge in [0.25, 0.3) is 0 Å². The predicted octanol–water partition coefficient (Wildman–Crippen LogP) is 1.31. The largest absolute Gasteiger partial charge is 0.359 e. The van der Waals surface area contributed by atoms with Crippen LogP contribution in [0.2, 0.25) is 5.28 Å². The van der Waals surface area contributed by atoms with Gasteiger partial charge in [-0.25, -0.2) is 4.98 Å². The number of nitrogens with zero attached hydrogens (tertiary/aromatic N) is 4. The van der Waals surface area contributed by atoms with Crippen molar-refractivity contribution in [2.45, 2.75) is 19.8 Å². The van der Waals surface area contributed by atoms with Crippen molar-refractivity contribution in [2.75, 3.05) is 25.0 Å². The molecule has 0 spiro atoms. The van der Waals surface area contributed by atoms with Crippen LogP contribution in [0.25, 0.3) is 0 Å². The summed E-state index contributed by atoms with van der Waals surface area (Å²) in [7, 11) is 1.58. The fourth-order valence-electron chi connectivity index (χ4n) is 2.54. The van der Waals surface area contributed by atoms with Crippen molar-refractivity contribution in [2.24, 2.45) is 5.92 Å². The first-order chi connectivity index (χ1) is 9.93. The second-order valence-electron chi connectivity index (χ2n) is 4.91. The van der Waals surface area contributed by atoms with Gasteiger partial charge < -0.3 is 10.2 Å². The molecule has 1 unspecified atom stereocenters. The Bertz CT molecular complexity index is 580. The number of carbonyl (C=O) groups excluding carboxylic acids is 1. The molecule has 2 heterocycles. The van der Waals surface area contributed by atoms with Crippen LogP contribution in [0.4, 0.5) is 11.5 Å². The van der Waals surface area contributed by atoms with Crippen LogP contribution in [-0.2, 0) is 4.79 Å². The Morgan fingerprint density at radius 1 is 1.52 bits per heavy atom. The van der Waals surface area contributed by atoms with Crippen molar-refractivity contribution < 1.29 is 9.72 Å². The molecular weight excluding hydrogens is 298 g/mol. The first-order valence-corrected chi connectivity index (χ1v) is 6.97. The molecule has 1 amide bonds. The number of hydrogen-bond acceptors (Lipinski definition) is 6. The van der Waals surface area contributed by atoms with Crippen LogP contribution in [0.5, 0.6) is 0 Å². The maximum absolute atomic E-state index is 11.8. The summed E-state index contributed by atoms with van der Waals surface area (Å²) in [5.74, 6) is -0.0947. The van der Waals surface area contributed by atoms with Gasteiger partial charge in [-0.2, -0.15) is 4.98 Å². The minimum absolute atomic E-state index is 0.0323. The van der Waals surface area contributed by atoms with Crippen LogP contribution in [0.15, 0.2) is 0 Å². The van der Waals surface area contributed by atoms with Crippen molar-refractivity contribution in [1.82, 2.24) is 15.3 Å². The molecule has 9 heteroatoms. The standard InChI is InChI=1S/C12H16ClN5O3/c1-7-9(18(20)21)10(16-12(13)15-7)17-5-3-4-8(6-17)11(19)14-2/h8H,3-6H2,1-2H3,(H,14,19). The summed E-state index contributed by atoms with van der Waals surface area (Å²) in [5, 5.41) is 13.8. The third-order valence-corrected chi connectivity index (χ3v) is 3.70. The maximum atomic E-state index is 11.8. The van der Waals surface area contributed by atoms with Crippen LogP contribution >= 0.6 is 11.6 Å². The third kappa shape index (κ3) is 3.21. The predicted molar refractivity (Wildman–Crippen MR) is 77.4 cm³/mol. The number of anilines is 1. The lowest BCUT2D eigenvalue weighted by Gasteiger charge is -2.32. The monoisotopic (exact) mass is 313 g/mol. The number of piperidine rings is 1. The topological polar surface area (TPSA) is 101 Å². The Balaban J connectivity index is 2.37. The minimum Gasteiger partial charge on any atom is -0.359 e. The number of hydrogen-bond donors (Lipinski definition) is 1. The van der Waals surface area contributed by atoms with Crippen molar-refractivity contribution >= 4 is 29.0 Å². The molecule has 1 aromatic heterocycles. The number of halogens is 1. The molecule has 8 nitrogen and oxygen atoms in total. The fourth-order valence-corrected chi connectivity index (χ4v) is 2.75. The number of nitrogens with one attached hydrogen (secondary N) is 1. The van der Waals surface area contributed by atoms with E-state index in [1.165, 1.54) is 6.92 Å². The Labute approximate surface area is 126 Å². The van der Waals surface area contributed by atoms with Crippen molar-refractivity contribution in [3.05, 3.63) is 21.1 Å². The van der Waals surface area contributed by atoms with E-state index in [9.17, 15) is 14.9 Å². The summed E-state index contributed by atoms with van der Waals surface area (Å²) in [6.07, 6.45) is 1.51. The molecule has 21 heavy (non-hydrogen) atoms. The molecule has 1 saturated heterocycles. The van der Waals surface area contributed by atoms with E-state index in [1.807, 2.05) is 0 Å². The Kier molecular flexibility index (Phi) is 4.56. The van der Waals surface area contributed by atoms with Crippen molar-refractivity contribution in [3.63, 3.8) is 0 Å². The second-order valence-corrected chi connectivity index (χ2v) is 5.24. The highest BCUT2D eigenvalue weighted by Gasteiger charge is 2.31. The first-order valence-electron chi connectivity index (χ1n) is 6.59. The van der Waals surface area contributed by atoms with Crippen LogP contribution in [0, 0.1) is 23.0 Å². The summed E-state index contributed by atoms with van der Waals surface area (Å²) in [6, 6.07) is 0. The van der Waals surface area contributed by atoms with Crippen LogP contribution in [-0.4, -0.2) is 40.9 Å². The normalized spacial score (nSPS) is 18.4. The number of aromatic nitrogens is 2. The van der Waals surface area contributed by atoms with Gasteiger partial charge in [0, 0.05) is 20.1 Å². The SMILES string of the molecule is CNC(=O)C1CCCN(c2nc(Cl)nc(C)c2[N+](=O)[O-])C1. The average Bonchev–Trinajstić information content (AvgIpc) is 2.45. The smallest absolute Gasteiger partial charge is 0.332 e. The molecule has 0 aliphatic carbocycles. The van der Waals surface area contributed by atoms with Crippen LogP contribution < -0.4 is 10.2 Å². The van der Waals surface area contributed by atoms with Gasteiger partial charge in [0.2, 0.25) is 17.0 Å². The van der Waals surface area contributed by atoms with Crippen LogP contribution in [0.3, 0.4) is 0 Å². The lowest BCUT2D eigenvalue weighted by molar-refractivity contribution is -0.385. The highest BCUT2D eigenvalue weighted by molar-refractivity contribution is 6.28. The van der Waals surface area contributed by atoms with Gasteiger partial charge >= 0.3 is 5.69 Å². The number of rotatable bonds is 3. The van der Waals surface area contributed by atoms with E-state index in [-0.39, 0.29) is 34.3 Å². The molecule has 1 aromatic rings. The van der Waals surface area contributed by atoms with Crippen LogP contribution in [0.1, 0.15) is 18.5 Å². The van der Waals surface area contributed by atoms with E-state index in [2.05, 4.69) is 15.3 Å². The maximum Gasteiger partial charge on any atom is 0.332 e. The van der Waals surface area contributed by atoms with E-state index >= 15 is 0 Å². The zero-order chi connectivity index (χ0) is 15.6. The molecule has 1 fully saturated rings. The summed E-state index contributed by atoms with van der Waals surface area (Å²) >= 11 is 5.82. The number of nitro groups is 1. The number of aryl methyl sites for hydroxylation is 1. The highest BCUT2D eigenvalue weighted by atomic mass is 35.5. The number of amides is 1. The van der Waals surface area contributed by atoms with Gasteiger partial charge in [-0.15, -0.1) is 0 Å². The summed E-state index contributed by atoms with van der Waals surface area (Å²) < 4.78 is 0. The molecule has 0 saturated carbocycles. The molecule has 0 radical (unpaired) electrons. The summed E-state index contributed by atoms with van der Waals surface area (Å²) in [4.78, 5) is 32.1. The quantitative estimate of drug-likeness (QED) is 0.513. The van der Waals surface area contributed by atoms with Crippen molar-refractivity contribution in [1.29, 1.82) is 0 Å². The summed E-state index contributed by atoms with van der Waals surface area (Å²) in [6.45, 7) is 2.50. The summed E-state index contributed by atoms with van der Waals surface area (Å²) in [5.41, 5.74) is 0.0639. The highest BCUT2D eigenvalue weighted by Crippen LogP contribution is 2.32. The molecule has 1 atom stereocenters. The molecule has 1 N–H and O–H groups in total. The van der Waals surface area contributed by atoms with E-state index in [0.29, 0.717) is 13.1 Å². The zero-order valence-corrected chi connectivity index (χ0v) is 12.6. The van der Waals surface area contributed by atoms with Crippen molar-refractivity contribution in [3.8, 4) is 0 Å². The first kappa shape index (κ1) is 15.4. The molecule has 1 aliphatic heterocycles. The molecular formula is C12H16ClN5O3. The van der Waals surface area contributed by atoms with Gasteiger partial charge in [0.05, 0.1) is 10.8 Å². The van der Waals surface area contributed by atoms with Gasteiger partial charge in [-0.3, -0.25) is 14.9 Å². The van der Waals surface area contributed by atoms with Gasteiger partial charge in [0.1, 0.15) is 5.69 Å². The molecule has 0 aromatic carbocycles. The molecule has 0 bridgehead atoms. The molecule has 114 valence electrons. The van der Waals surface area contributed by atoms with Gasteiger partial charge in [0.15, 0.2) is 0 Å². The second kappa shape index (κ2) is 6.21. The molecule has 1 aliphatic rings.